The van der Waals surface area contributed by atoms with Crippen molar-refractivity contribution in [1.29, 1.82) is 0 Å². The molecule has 0 aliphatic carbocycles. The largest absolute Gasteiger partial charge is 0.497 e. The van der Waals surface area contributed by atoms with Gasteiger partial charge in [0.25, 0.3) is 11.5 Å². The van der Waals surface area contributed by atoms with Gasteiger partial charge in [-0.25, -0.2) is 18.8 Å². The number of nitrogens with one attached hydrogen (secondary N) is 2. The van der Waals surface area contributed by atoms with Gasteiger partial charge in [-0.3, -0.25) is 14.4 Å². The van der Waals surface area contributed by atoms with Crippen LogP contribution in [0.25, 0.3) is 0 Å². The minimum Gasteiger partial charge on any atom is -0.497 e. The van der Waals surface area contributed by atoms with Crippen LogP contribution in [0, 0.1) is 11.6 Å². The molecule has 37 heavy (non-hydrogen) atoms. The summed E-state index contributed by atoms with van der Waals surface area (Å²) < 4.78 is 45.7. The topological polar surface area (TPSA) is 114 Å². The highest BCUT2D eigenvalue weighted by molar-refractivity contribution is 8.32. The zero-order valence-electron chi connectivity index (χ0n) is 20.7. The average molecular weight is 536 g/mol. The number of benzene rings is 2. The number of hydrogen-bond acceptors (Lipinski definition) is 6. The number of amides is 2. The highest BCUT2D eigenvalue weighted by Crippen LogP contribution is 2.48. The first-order valence-corrected chi connectivity index (χ1v) is 14.1. The minimum atomic E-state index is -1.71. The van der Waals surface area contributed by atoms with Crippen LogP contribution in [0.3, 0.4) is 0 Å². The van der Waals surface area contributed by atoms with Crippen LogP contribution >= 0.6 is 10.0 Å². The van der Waals surface area contributed by atoms with E-state index in [1.54, 1.807) is 37.0 Å². The second-order valence-corrected chi connectivity index (χ2v) is 13.3. The second-order valence-electron chi connectivity index (χ2n) is 9.19. The van der Waals surface area contributed by atoms with Crippen LogP contribution in [0.4, 0.5) is 14.5 Å². The Kier molecular flexibility index (Phi) is 7.30. The zero-order valence-corrected chi connectivity index (χ0v) is 21.5. The highest BCUT2D eigenvalue weighted by atomic mass is 32.3. The van der Waals surface area contributed by atoms with Gasteiger partial charge in [0, 0.05) is 23.4 Å². The van der Waals surface area contributed by atoms with Gasteiger partial charge < -0.3 is 24.2 Å². The molecule has 0 saturated carbocycles. The van der Waals surface area contributed by atoms with E-state index in [9.17, 15) is 23.2 Å². The summed E-state index contributed by atoms with van der Waals surface area (Å²) in [4.78, 5) is 39.5. The van der Waals surface area contributed by atoms with E-state index in [0.29, 0.717) is 17.1 Å². The standard InChI is InChI=1S/C25H27F2N3O6S/c1-34-15-5-6-17-20(11-15)35-8-7-30(22(32)13-16-12-21(31)29-36-16)23(17)25(33)28-14-9-18(26)24(19(27)10-14)37(2,3)4/h5-6,9-12,23H,7-8,13H2,1-4H3,(H,28,33)(H,29,31)/t23-/m0/s1. The fraction of sp³-hybridized carbons (Fsp3) is 0.320. The number of hydrogen-bond donors (Lipinski definition) is 2. The summed E-state index contributed by atoms with van der Waals surface area (Å²) in [5, 5.41) is 4.67. The predicted molar refractivity (Wildman–Crippen MR) is 135 cm³/mol. The monoisotopic (exact) mass is 535 g/mol. The first-order chi connectivity index (χ1) is 17.5. The molecule has 2 heterocycles. The maximum absolute atomic E-state index is 14.8. The second kappa shape index (κ2) is 10.3. The molecule has 0 saturated heterocycles. The van der Waals surface area contributed by atoms with Crippen molar-refractivity contribution in [3.05, 3.63) is 69.7 Å². The third-order valence-electron chi connectivity index (χ3n) is 5.76. The Morgan fingerprint density at radius 1 is 1.16 bits per heavy atom. The van der Waals surface area contributed by atoms with E-state index in [1.165, 1.54) is 12.0 Å². The van der Waals surface area contributed by atoms with Crippen LogP contribution in [0.5, 0.6) is 11.5 Å². The van der Waals surface area contributed by atoms with Gasteiger partial charge in [0.15, 0.2) is 0 Å². The van der Waals surface area contributed by atoms with Gasteiger partial charge in [-0.2, -0.15) is 5.16 Å². The molecule has 1 aliphatic rings. The van der Waals surface area contributed by atoms with Crippen molar-refractivity contribution in [3.8, 4) is 11.5 Å². The summed E-state index contributed by atoms with van der Waals surface area (Å²) in [5.41, 5.74) is -0.230. The highest BCUT2D eigenvalue weighted by Gasteiger charge is 2.36. The first-order valence-electron chi connectivity index (χ1n) is 11.2. The van der Waals surface area contributed by atoms with Crippen LogP contribution < -0.4 is 20.3 Å². The fourth-order valence-corrected chi connectivity index (χ4v) is 5.47. The third kappa shape index (κ3) is 5.63. The number of aromatic nitrogens is 1. The van der Waals surface area contributed by atoms with Gasteiger partial charge in [0.05, 0.1) is 25.0 Å². The van der Waals surface area contributed by atoms with E-state index < -0.39 is 45.1 Å². The summed E-state index contributed by atoms with van der Waals surface area (Å²) in [7, 11) is -0.226. The van der Waals surface area contributed by atoms with E-state index >= 15 is 0 Å². The molecule has 0 spiro atoms. The van der Waals surface area contributed by atoms with Gasteiger partial charge in [0.1, 0.15) is 41.5 Å². The number of rotatable bonds is 6. The van der Waals surface area contributed by atoms with Crippen LogP contribution in [-0.2, 0) is 16.0 Å². The lowest BCUT2D eigenvalue weighted by molar-refractivity contribution is -0.138. The lowest BCUT2D eigenvalue weighted by Crippen LogP contribution is -2.42. The Morgan fingerprint density at radius 2 is 1.86 bits per heavy atom. The fourth-order valence-electron chi connectivity index (χ4n) is 4.18. The van der Waals surface area contributed by atoms with E-state index in [4.69, 9.17) is 14.0 Å². The SMILES string of the molecule is COc1ccc2c(c1)OCCN(C(=O)Cc1cc(=O)[nH]o1)[C@@H]2C(=O)Nc1cc(F)c(S(C)(C)C)c(F)c1. The van der Waals surface area contributed by atoms with Crippen molar-refractivity contribution in [3.63, 3.8) is 0 Å². The maximum atomic E-state index is 14.8. The zero-order chi connectivity index (χ0) is 26.9. The van der Waals surface area contributed by atoms with Crippen molar-refractivity contribution in [1.82, 2.24) is 10.1 Å². The van der Waals surface area contributed by atoms with Gasteiger partial charge in [-0.15, -0.1) is 0 Å². The molecule has 2 aromatic carbocycles. The molecule has 0 bridgehead atoms. The summed E-state index contributed by atoms with van der Waals surface area (Å²) in [6, 6.07) is 6.87. The first kappa shape index (κ1) is 26.3. The van der Waals surface area contributed by atoms with Crippen LogP contribution in [-0.4, -0.2) is 60.9 Å². The third-order valence-corrected chi connectivity index (χ3v) is 7.38. The van der Waals surface area contributed by atoms with E-state index in [0.717, 1.165) is 18.2 Å². The number of aromatic amines is 1. The van der Waals surface area contributed by atoms with Crippen LogP contribution in [0.2, 0.25) is 0 Å². The Morgan fingerprint density at radius 3 is 2.46 bits per heavy atom. The van der Waals surface area contributed by atoms with E-state index in [1.807, 2.05) is 0 Å². The number of carbonyl (C=O) groups excluding carboxylic acids is 2. The maximum Gasteiger partial charge on any atom is 0.280 e. The number of fused-ring (bicyclic) bond motifs is 1. The lowest BCUT2D eigenvalue weighted by Gasteiger charge is -2.29. The summed E-state index contributed by atoms with van der Waals surface area (Å²) in [6.45, 7) is 0.0939. The van der Waals surface area contributed by atoms with Gasteiger partial charge in [0.2, 0.25) is 5.91 Å². The Balaban J connectivity index is 1.71. The Bertz CT molecular complexity index is 1370. The molecule has 2 N–H and O–H groups in total. The lowest BCUT2D eigenvalue weighted by atomic mass is 10.0. The molecule has 198 valence electrons. The molecular formula is C25H27F2N3O6S. The van der Waals surface area contributed by atoms with Gasteiger partial charge in [-0.1, -0.05) is 0 Å². The molecule has 1 atom stereocenters. The quantitative estimate of drug-likeness (QED) is 0.500. The molecule has 9 nitrogen and oxygen atoms in total. The summed E-state index contributed by atoms with van der Waals surface area (Å²) in [5.74, 6) is -1.83. The van der Waals surface area contributed by atoms with Crippen molar-refractivity contribution >= 4 is 27.5 Å². The van der Waals surface area contributed by atoms with Gasteiger partial charge >= 0.3 is 0 Å². The molecular weight excluding hydrogens is 508 g/mol. The number of halogens is 2. The number of methoxy groups -OCH3 is 1. The molecule has 2 amide bonds. The molecule has 1 aromatic heterocycles. The summed E-state index contributed by atoms with van der Waals surface area (Å²) in [6.07, 6.45) is 5.00. The smallest absolute Gasteiger partial charge is 0.280 e. The Hall–Kier alpha value is -3.80. The van der Waals surface area contributed by atoms with Crippen LogP contribution in [0.1, 0.15) is 17.4 Å². The number of carbonyl (C=O) groups is 2. The van der Waals surface area contributed by atoms with E-state index in [-0.39, 0.29) is 35.9 Å². The number of anilines is 1. The van der Waals surface area contributed by atoms with Crippen LogP contribution in [0.15, 0.2) is 50.6 Å². The molecule has 0 radical (unpaired) electrons. The predicted octanol–water partition coefficient (Wildman–Crippen LogP) is 3.45. The summed E-state index contributed by atoms with van der Waals surface area (Å²) >= 11 is 0. The molecule has 0 unspecified atom stereocenters. The molecule has 0 fully saturated rings. The molecule has 12 heteroatoms. The van der Waals surface area contributed by atoms with Gasteiger partial charge in [-0.05, 0) is 43.0 Å². The molecule has 3 aromatic rings. The number of H-pyrrole nitrogens is 1. The Labute approximate surface area is 213 Å². The average Bonchev–Trinajstić information content (AvgIpc) is 3.11. The minimum absolute atomic E-state index is 0.0180. The number of ether oxygens (including phenoxy) is 2. The van der Waals surface area contributed by atoms with Crippen molar-refractivity contribution in [2.45, 2.75) is 17.4 Å². The van der Waals surface area contributed by atoms with Crippen molar-refractivity contribution in [2.75, 3.05) is 44.3 Å². The normalized spacial score (nSPS) is 15.8. The molecule has 1 aliphatic heterocycles. The van der Waals surface area contributed by atoms with Crippen molar-refractivity contribution in [2.24, 2.45) is 0 Å². The van der Waals surface area contributed by atoms with Crippen molar-refractivity contribution < 1.29 is 32.4 Å². The van der Waals surface area contributed by atoms with E-state index in [2.05, 4.69) is 10.5 Å². The number of nitrogens with zero attached hydrogens (tertiary/aromatic N) is 1. The molecule has 4 rings (SSSR count).